The van der Waals surface area contributed by atoms with Crippen LogP contribution in [0.4, 0.5) is 0 Å². The highest BCUT2D eigenvalue weighted by Crippen LogP contribution is 2.42. The summed E-state index contributed by atoms with van der Waals surface area (Å²) in [4.78, 5) is 32.6. The third-order valence-electron chi connectivity index (χ3n) is 7.00. The van der Waals surface area contributed by atoms with Gasteiger partial charge in [0.05, 0.1) is 5.41 Å². The third kappa shape index (κ3) is 3.57. The smallest absolute Gasteiger partial charge is 0.406 e. The fraction of sp³-hybridized carbons (Fsp3) is 0.458. The molecule has 2 fully saturated rings. The highest BCUT2D eigenvalue weighted by Gasteiger charge is 2.44. The molecule has 0 atom stereocenters. The van der Waals surface area contributed by atoms with Crippen LogP contribution in [0.5, 0.6) is 0 Å². The van der Waals surface area contributed by atoms with E-state index in [0.717, 1.165) is 31.2 Å². The van der Waals surface area contributed by atoms with Crippen molar-refractivity contribution >= 4 is 28.7 Å². The van der Waals surface area contributed by atoms with E-state index in [1.807, 2.05) is 29.2 Å². The van der Waals surface area contributed by atoms with Gasteiger partial charge in [0.1, 0.15) is 0 Å². The number of carbonyl (C=O) groups excluding carboxylic acids is 1. The number of hydrogen-bond acceptors (Lipinski definition) is 4. The lowest BCUT2D eigenvalue weighted by Gasteiger charge is -2.42. The SMILES string of the molecule is O=C(N1CCC(n2c(=O)oc3cccnc32)CC1)C1(c2ccc(Cl)cc2)CCCCC1. The van der Waals surface area contributed by atoms with E-state index < -0.39 is 5.41 Å². The van der Waals surface area contributed by atoms with Gasteiger partial charge in [0.15, 0.2) is 11.2 Å². The van der Waals surface area contributed by atoms with Gasteiger partial charge in [-0.1, -0.05) is 43.0 Å². The second kappa shape index (κ2) is 8.15. The summed E-state index contributed by atoms with van der Waals surface area (Å²) in [7, 11) is 0. The Labute approximate surface area is 185 Å². The maximum atomic E-state index is 13.8. The summed E-state index contributed by atoms with van der Waals surface area (Å²) in [6.45, 7) is 1.26. The van der Waals surface area contributed by atoms with Crippen molar-refractivity contribution < 1.29 is 9.21 Å². The fourth-order valence-electron chi connectivity index (χ4n) is 5.37. The Morgan fingerprint density at radius 2 is 1.77 bits per heavy atom. The van der Waals surface area contributed by atoms with Crippen LogP contribution in [0.15, 0.2) is 51.8 Å². The van der Waals surface area contributed by atoms with Crippen LogP contribution in [-0.4, -0.2) is 33.4 Å². The van der Waals surface area contributed by atoms with Gasteiger partial charge in [-0.25, -0.2) is 9.78 Å². The number of piperidine rings is 1. The molecule has 2 aliphatic rings. The maximum absolute atomic E-state index is 13.8. The van der Waals surface area contributed by atoms with Gasteiger partial charge in [0.25, 0.3) is 0 Å². The molecule has 0 radical (unpaired) electrons. The van der Waals surface area contributed by atoms with Crippen LogP contribution in [0.25, 0.3) is 11.2 Å². The van der Waals surface area contributed by atoms with E-state index in [2.05, 4.69) is 4.98 Å². The zero-order valence-corrected chi connectivity index (χ0v) is 18.2. The molecule has 5 rings (SSSR count). The van der Waals surface area contributed by atoms with Crippen LogP contribution in [0.1, 0.15) is 56.6 Å². The summed E-state index contributed by atoms with van der Waals surface area (Å²) in [5.74, 6) is -0.154. The lowest BCUT2D eigenvalue weighted by atomic mass is 9.68. The maximum Gasteiger partial charge on any atom is 0.421 e. The fourth-order valence-corrected chi connectivity index (χ4v) is 5.50. The Balaban J connectivity index is 1.37. The second-order valence-corrected chi connectivity index (χ2v) is 9.17. The molecule has 162 valence electrons. The number of hydrogen-bond donors (Lipinski definition) is 0. The number of benzene rings is 1. The van der Waals surface area contributed by atoms with Crippen LogP contribution < -0.4 is 5.76 Å². The van der Waals surface area contributed by atoms with E-state index >= 15 is 0 Å². The minimum atomic E-state index is -0.462. The molecule has 3 aromatic rings. The average molecular weight is 440 g/mol. The lowest BCUT2D eigenvalue weighted by molar-refractivity contribution is -0.140. The number of carbonyl (C=O) groups is 1. The van der Waals surface area contributed by atoms with Crippen molar-refractivity contribution in [3.05, 3.63) is 63.7 Å². The molecule has 0 N–H and O–H groups in total. The van der Waals surface area contributed by atoms with Gasteiger partial charge in [-0.3, -0.25) is 9.36 Å². The number of pyridine rings is 1. The van der Waals surface area contributed by atoms with Gasteiger partial charge in [-0.15, -0.1) is 0 Å². The quantitative estimate of drug-likeness (QED) is 0.592. The highest BCUT2D eigenvalue weighted by atomic mass is 35.5. The van der Waals surface area contributed by atoms with Crippen molar-refractivity contribution in [1.82, 2.24) is 14.5 Å². The minimum absolute atomic E-state index is 0.00876. The number of amides is 1. The van der Waals surface area contributed by atoms with E-state index in [9.17, 15) is 9.59 Å². The monoisotopic (exact) mass is 439 g/mol. The van der Waals surface area contributed by atoms with E-state index in [0.29, 0.717) is 42.2 Å². The Hall–Kier alpha value is -2.60. The molecule has 1 amide bonds. The predicted molar refractivity (Wildman–Crippen MR) is 119 cm³/mol. The van der Waals surface area contributed by atoms with Gasteiger partial charge in [0, 0.05) is 30.4 Å². The number of halogens is 1. The Morgan fingerprint density at radius 3 is 2.48 bits per heavy atom. The molecule has 2 aromatic heterocycles. The van der Waals surface area contributed by atoms with Crippen LogP contribution in [0, 0.1) is 0 Å². The molecule has 0 spiro atoms. The topological polar surface area (TPSA) is 68.3 Å². The average Bonchev–Trinajstić information content (AvgIpc) is 3.15. The predicted octanol–water partition coefficient (Wildman–Crippen LogP) is 4.71. The van der Waals surface area contributed by atoms with Gasteiger partial charge in [-0.05, 0) is 55.5 Å². The summed E-state index contributed by atoms with van der Waals surface area (Å²) in [6, 6.07) is 11.3. The van der Waals surface area contributed by atoms with Crippen molar-refractivity contribution in [2.24, 2.45) is 0 Å². The number of oxazole rings is 1. The highest BCUT2D eigenvalue weighted by molar-refractivity contribution is 6.30. The van der Waals surface area contributed by atoms with E-state index in [1.165, 1.54) is 6.42 Å². The molecule has 1 saturated carbocycles. The molecule has 0 bridgehead atoms. The van der Waals surface area contributed by atoms with Crippen LogP contribution in [0.3, 0.4) is 0 Å². The van der Waals surface area contributed by atoms with E-state index in [1.54, 1.807) is 22.9 Å². The molecule has 7 heteroatoms. The normalized spacial score (nSPS) is 19.6. The summed E-state index contributed by atoms with van der Waals surface area (Å²) in [5.41, 5.74) is 1.71. The number of likely N-dealkylation sites (tertiary alicyclic amines) is 1. The number of fused-ring (bicyclic) bond motifs is 1. The molecular formula is C24H26ClN3O3. The first-order valence-corrected chi connectivity index (χ1v) is 11.5. The number of aromatic nitrogens is 2. The summed E-state index contributed by atoms with van der Waals surface area (Å²) >= 11 is 6.11. The van der Waals surface area contributed by atoms with Gasteiger partial charge in [-0.2, -0.15) is 0 Å². The van der Waals surface area contributed by atoms with Crippen LogP contribution in [0.2, 0.25) is 5.02 Å². The number of nitrogens with zero attached hydrogens (tertiary/aromatic N) is 3. The lowest BCUT2D eigenvalue weighted by Crippen LogP contribution is -2.51. The molecule has 31 heavy (non-hydrogen) atoms. The van der Waals surface area contributed by atoms with Crippen LogP contribution >= 0.6 is 11.6 Å². The summed E-state index contributed by atoms with van der Waals surface area (Å²) in [6.07, 6.45) is 8.16. The standard InChI is InChI=1S/C24H26ClN3O3/c25-18-8-6-17(7-9-18)24(12-2-1-3-13-24)22(29)27-15-10-19(11-16-27)28-21-20(31-23(28)30)5-4-14-26-21/h4-9,14,19H,1-3,10-13,15-16H2. The van der Waals surface area contributed by atoms with Crippen molar-refractivity contribution in [3.8, 4) is 0 Å². The second-order valence-electron chi connectivity index (χ2n) is 8.74. The molecule has 3 heterocycles. The van der Waals surface area contributed by atoms with E-state index in [-0.39, 0.29) is 17.7 Å². The van der Waals surface area contributed by atoms with Gasteiger partial charge >= 0.3 is 5.76 Å². The first kappa shape index (κ1) is 20.3. The van der Waals surface area contributed by atoms with Crippen LogP contribution in [-0.2, 0) is 10.2 Å². The molecule has 1 saturated heterocycles. The first-order valence-electron chi connectivity index (χ1n) is 11.1. The molecule has 6 nitrogen and oxygen atoms in total. The Morgan fingerprint density at radius 1 is 1.06 bits per heavy atom. The van der Waals surface area contributed by atoms with E-state index in [4.69, 9.17) is 16.0 Å². The molecule has 1 aliphatic carbocycles. The molecular weight excluding hydrogens is 414 g/mol. The first-order chi connectivity index (χ1) is 15.1. The molecule has 1 aliphatic heterocycles. The molecule has 1 aromatic carbocycles. The van der Waals surface area contributed by atoms with Crippen molar-refractivity contribution in [1.29, 1.82) is 0 Å². The van der Waals surface area contributed by atoms with Gasteiger partial charge in [0.2, 0.25) is 5.91 Å². The largest absolute Gasteiger partial charge is 0.421 e. The number of rotatable bonds is 3. The third-order valence-corrected chi connectivity index (χ3v) is 7.26. The zero-order valence-electron chi connectivity index (χ0n) is 17.4. The summed E-state index contributed by atoms with van der Waals surface area (Å²) < 4.78 is 7.02. The van der Waals surface area contributed by atoms with Crippen molar-refractivity contribution in [2.45, 2.75) is 56.4 Å². The minimum Gasteiger partial charge on any atom is -0.406 e. The van der Waals surface area contributed by atoms with Crippen molar-refractivity contribution in [2.75, 3.05) is 13.1 Å². The Bertz CT molecular complexity index is 1140. The summed E-state index contributed by atoms with van der Waals surface area (Å²) in [5, 5.41) is 0.689. The van der Waals surface area contributed by atoms with Crippen molar-refractivity contribution in [3.63, 3.8) is 0 Å². The zero-order chi connectivity index (χ0) is 21.4. The Kier molecular flexibility index (Phi) is 5.34. The molecule has 0 unspecified atom stereocenters. The van der Waals surface area contributed by atoms with Gasteiger partial charge < -0.3 is 9.32 Å².